The number of nitrogens with zero attached hydrogens (tertiary/aromatic N) is 3. The van der Waals surface area contributed by atoms with E-state index < -0.39 is 11.4 Å². The van der Waals surface area contributed by atoms with Gasteiger partial charge in [-0.15, -0.1) is 0 Å². The smallest absolute Gasteiger partial charge is 0.165 e. The molecule has 8 heteroatoms. The number of aliphatic imine (C=N–C) groups is 1. The molecule has 1 fully saturated rings. The quantitative estimate of drug-likeness (QED) is 0.849. The van der Waals surface area contributed by atoms with E-state index in [9.17, 15) is 9.65 Å². The van der Waals surface area contributed by atoms with E-state index in [-0.39, 0.29) is 23.9 Å². The highest BCUT2D eigenvalue weighted by molar-refractivity contribution is 8.14. The Bertz CT molecular complexity index is 953. The van der Waals surface area contributed by atoms with Crippen LogP contribution >= 0.6 is 11.8 Å². The fourth-order valence-corrected chi connectivity index (χ4v) is 5.11. The standard InChI is InChI=1S/C19H19FN4O2S/c1-10-5-17(26-24-10)16-7-13-11(2)27-18(22)23-19(13,9-25-16)14-6-12(8-21)3-4-15(14)20/h3-6,11,13,16H,7,9H2,1-2H3,(H2,22,23)/t11-,13+,16-,19?/m1/s1. The predicted molar refractivity (Wildman–Crippen MR) is 99.5 cm³/mol. The minimum atomic E-state index is -0.961. The van der Waals surface area contributed by atoms with Gasteiger partial charge in [0.25, 0.3) is 0 Å². The van der Waals surface area contributed by atoms with Gasteiger partial charge in [-0.2, -0.15) is 5.26 Å². The molecule has 2 aromatic rings. The van der Waals surface area contributed by atoms with Crippen LogP contribution in [0.5, 0.6) is 0 Å². The summed E-state index contributed by atoms with van der Waals surface area (Å²) < 4.78 is 26.3. The summed E-state index contributed by atoms with van der Waals surface area (Å²) in [5, 5.41) is 13.7. The summed E-state index contributed by atoms with van der Waals surface area (Å²) in [6.45, 7) is 4.07. The lowest BCUT2D eigenvalue weighted by Crippen LogP contribution is -2.51. The van der Waals surface area contributed by atoms with Gasteiger partial charge in [0.2, 0.25) is 0 Å². The third kappa shape index (κ3) is 3.01. The van der Waals surface area contributed by atoms with E-state index in [1.807, 2.05) is 13.0 Å². The Hall–Kier alpha value is -2.37. The van der Waals surface area contributed by atoms with Crippen LogP contribution in [0.15, 0.2) is 33.8 Å². The van der Waals surface area contributed by atoms with Gasteiger partial charge in [-0.3, -0.25) is 0 Å². The highest BCUT2D eigenvalue weighted by Crippen LogP contribution is 2.52. The summed E-state index contributed by atoms with van der Waals surface area (Å²) in [6, 6.07) is 8.25. The highest BCUT2D eigenvalue weighted by Gasteiger charge is 2.52. The van der Waals surface area contributed by atoms with Crippen molar-refractivity contribution < 1.29 is 13.7 Å². The van der Waals surface area contributed by atoms with Crippen LogP contribution in [0.2, 0.25) is 0 Å². The van der Waals surface area contributed by atoms with Crippen molar-refractivity contribution in [2.45, 2.75) is 37.2 Å². The van der Waals surface area contributed by atoms with Crippen molar-refractivity contribution in [1.82, 2.24) is 5.16 Å². The van der Waals surface area contributed by atoms with Crippen LogP contribution in [0.1, 0.15) is 42.0 Å². The van der Waals surface area contributed by atoms with Crippen LogP contribution in [0.3, 0.4) is 0 Å². The van der Waals surface area contributed by atoms with E-state index in [4.69, 9.17) is 15.0 Å². The Morgan fingerprint density at radius 3 is 2.93 bits per heavy atom. The van der Waals surface area contributed by atoms with Gasteiger partial charge in [-0.05, 0) is 31.5 Å². The SMILES string of the molecule is Cc1cc([C@H]2C[C@H]3[C@@H](C)SC(N)=NC3(c3cc(C#N)ccc3F)CO2)on1. The molecule has 6 nitrogen and oxygen atoms in total. The van der Waals surface area contributed by atoms with Gasteiger partial charge >= 0.3 is 0 Å². The van der Waals surface area contributed by atoms with Crippen LogP contribution in [-0.4, -0.2) is 22.2 Å². The Balaban J connectivity index is 1.80. The number of thioether (sulfide) groups is 1. The number of hydrogen-bond donors (Lipinski definition) is 1. The molecule has 140 valence electrons. The number of benzene rings is 1. The van der Waals surface area contributed by atoms with Gasteiger partial charge in [-0.1, -0.05) is 23.8 Å². The molecule has 2 N–H and O–H groups in total. The van der Waals surface area contributed by atoms with Gasteiger partial charge in [0.1, 0.15) is 17.5 Å². The van der Waals surface area contributed by atoms with Gasteiger partial charge in [-0.25, -0.2) is 9.38 Å². The maximum Gasteiger partial charge on any atom is 0.165 e. The molecular weight excluding hydrogens is 367 g/mol. The van der Waals surface area contributed by atoms with E-state index in [1.54, 1.807) is 6.07 Å². The van der Waals surface area contributed by atoms with E-state index in [0.29, 0.717) is 28.5 Å². The third-order valence-corrected chi connectivity index (χ3v) is 6.33. The molecule has 0 radical (unpaired) electrons. The fourth-order valence-electron chi connectivity index (χ4n) is 4.02. The summed E-state index contributed by atoms with van der Waals surface area (Å²) in [5.41, 5.74) is 6.63. The first-order chi connectivity index (χ1) is 12.9. The fraction of sp³-hybridized carbons (Fsp3) is 0.421. The first kappa shape index (κ1) is 18.0. The monoisotopic (exact) mass is 386 g/mol. The molecule has 0 saturated carbocycles. The van der Waals surface area contributed by atoms with Gasteiger partial charge in [0, 0.05) is 22.8 Å². The molecule has 0 bridgehead atoms. The maximum atomic E-state index is 14.8. The summed E-state index contributed by atoms with van der Waals surface area (Å²) in [7, 11) is 0. The third-order valence-electron chi connectivity index (χ3n) is 5.29. The molecular formula is C19H19FN4O2S. The van der Waals surface area contributed by atoms with Gasteiger partial charge < -0.3 is 15.0 Å². The van der Waals surface area contributed by atoms with Crippen molar-refractivity contribution in [3.8, 4) is 6.07 Å². The number of aromatic nitrogens is 1. The second-order valence-corrected chi connectivity index (χ2v) is 8.41. The van der Waals surface area contributed by atoms with E-state index >= 15 is 0 Å². The number of aryl methyl sites for hydroxylation is 1. The number of fused-ring (bicyclic) bond motifs is 1. The minimum absolute atomic E-state index is 0.0394. The van der Waals surface area contributed by atoms with Crippen molar-refractivity contribution in [2.24, 2.45) is 16.6 Å². The molecule has 0 aliphatic carbocycles. The van der Waals surface area contributed by atoms with E-state index in [0.717, 1.165) is 5.69 Å². The van der Waals surface area contributed by atoms with Crippen molar-refractivity contribution in [3.05, 3.63) is 52.7 Å². The number of halogens is 1. The molecule has 4 rings (SSSR count). The number of hydrogen-bond acceptors (Lipinski definition) is 7. The lowest BCUT2D eigenvalue weighted by Gasteiger charge is -2.48. The van der Waals surface area contributed by atoms with E-state index in [1.165, 1.54) is 23.9 Å². The number of ether oxygens (including phenoxy) is 1. The van der Waals surface area contributed by atoms with Crippen molar-refractivity contribution in [2.75, 3.05) is 6.61 Å². The highest BCUT2D eigenvalue weighted by atomic mass is 32.2. The molecule has 3 heterocycles. The van der Waals surface area contributed by atoms with Crippen molar-refractivity contribution in [1.29, 1.82) is 5.26 Å². The molecule has 1 saturated heterocycles. The number of nitrogens with two attached hydrogens (primary N) is 1. The van der Waals surface area contributed by atoms with Crippen molar-refractivity contribution in [3.63, 3.8) is 0 Å². The Morgan fingerprint density at radius 2 is 2.22 bits per heavy atom. The maximum absolute atomic E-state index is 14.8. The number of rotatable bonds is 2. The van der Waals surface area contributed by atoms with Crippen LogP contribution in [0.25, 0.3) is 0 Å². The predicted octanol–water partition coefficient (Wildman–Crippen LogP) is 3.42. The summed E-state index contributed by atoms with van der Waals surface area (Å²) in [6.07, 6.45) is 0.319. The van der Waals surface area contributed by atoms with Gasteiger partial charge in [0.15, 0.2) is 10.9 Å². The second kappa shape index (κ2) is 6.66. The molecule has 27 heavy (non-hydrogen) atoms. The molecule has 4 atom stereocenters. The summed E-state index contributed by atoms with van der Waals surface area (Å²) in [5.74, 6) is 0.210. The molecule has 0 amide bonds. The zero-order valence-electron chi connectivity index (χ0n) is 15.0. The first-order valence-corrected chi connectivity index (χ1v) is 9.58. The van der Waals surface area contributed by atoms with Crippen LogP contribution in [-0.2, 0) is 10.3 Å². The van der Waals surface area contributed by atoms with Crippen LogP contribution < -0.4 is 5.73 Å². The molecule has 1 aromatic heterocycles. The van der Waals surface area contributed by atoms with Crippen molar-refractivity contribution >= 4 is 16.9 Å². The average Bonchev–Trinajstić information content (AvgIpc) is 3.08. The minimum Gasteiger partial charge on any atom is -0.379 e. The largest absolute Gasteiger partial charge is 0.379 e. The molecule has 2 aliphatic heterocycles. The summed E-state index contributed by atoms with van der Waals surface area (Å²) in [4.78, 5) is 4.66. The van der Waals surface area contributed by atoms with Gasteiger partial charge in [0.05, 0.1) is 23.9 Å². The van der Waals surface area contributed by atoms with Crippen LogP contribution in [0.4, 0.5) is 4.39 Å². The lowest BCUT2D eigenvalue weighted by molar-refractivity contribution is -0.0744. The number of nitriles is 1. The Kier molecular flexibility index (Phi) is 4.44. The normalized spacial score (nSPS) is 30.3. The Labute approximate surface area is 160 Å². The zero-order chi connectivity index (χ0) is 19.2. The Morgan fingerprint density at radius 1 is 1.41 bits per heavy atom. The number of amidine groups is 1. The average molecular weight is 386 g/mol. The molecule has 1 aromatic carbocycles. The molecule has 0 spiro atoms. The molecule has 2 aliphatic rings. The second-order valence-electron chi connectivity index (χ2n) is 7.02. The first-order valence-electron chi connectivity index (χ1n) is 8.70. The zero-order valence-corrected chi connectivity index (χ0v) is 15.8. The van der Waals surface area contributed by atoms with E-state index in [2.05, 4.69) is 23.1 Å². The van der Waals surface area contributed by atoms with Crippen LogP contribution in [0, 0.1) is 30.0 Å². The topological polar surface area (TPSA) is 97.4 Å². The molecule has 1 unspecified atom stereocenters. The lowest BCUT2D eigenvalue weighted by atomic mass is 9.72. The summed E-state index contributed by atoms with van der Waals surface area (Å²) >= 11 is 1.48.